The molecule has 0 aliphatic carbocycles. The van der Waals surface area contributed by atoms with Gasteiger partial charge in [-0.25, -0.2) is 0 Å². The van der Waals surface area contributed by atoms with Crippen LogP contribution in [0.2, 0.25) is 0 Å². The van der Waals surface area contributed by atoms with Gasteiger partial charge in [0.2, 0.25) is 0 Å². The van der Waals surface area contributed by atoms with E-state index in [2.05, 4.69) is 34.2 Å². The van der Waals surface area contributed by atoms with Crippen LogP contribution in [0.3, 0.4) is 0 Å². The van der Waals surface area contributed by atoms with Crippen molar-refractivity contribution in [2.75, 3.05) is 0 Å². The average molecular weight is 554 g/mol. The second kappa shape index (κ2) is 10.5. The van der Waals surface area contributed by atoms with Gasteiger partial charge in [-0.2, -0.15) is 0 Å². The molecular formula is C26H18N2Pt. The molecule has 3 heteroatoms. The van der Waals surface area contributed by atoms with Crippen LogP contribution in [0.25, 0.3) is 33.3 Å². The summed E-state index contributed by atoms with van der Waals surface area (Å²) >= 11 is 0. The first-order valence-corrected chi connectivity index (χ1v) is 9.11. The first-order chi connectivity index (χ1) is 13.9. The fourth-order valence-electron chi connectivity index (χ4n) is 2.95. The van der Waals surface area contributed by atoms with E-state index < -0.39 is 0 Å². The summed E-state index contributed by atoms with van der Waals surface area (Å²) in [6, 6.07) is 38.3. The van der Waals surface area contributed by atoms with Crippen molar-refractivity contribution >= 4 is 10.8 Å². The maximum absolute atomic E-state index is 4.45. The zero-order chi connectivity index (χ0) is 19.0. The summed E-state index contributed by atoms with van der Waals surface area (Å²) < 4.78 is 0. The zero-order valence-electron chi connectivity index (χ0n) is 15.6. The normalized spacial score (nSPS) is 9.79. The molecule has 0 fully saturated rings. The number of nitrogens with zero attached hydrogens (tertiary/aromatic N) is 2. The van der Waals surface area contributed by atoms with Crippen molar-refractivity contribution in [1.29, 1.82) is 0 Å². The average Bonchev–Trinajstić information content (AvgIpc) is 2.81. The molecule has 5 rings (SSSR count). The Labute approximate surface area is 185 Å². The Kier molecular flexibility index (Phi) is 7.44. The van der Waals surface area contributed by atoms with Gasteiger partial charge >= 0.3 is 21.1 Å². The maximum atomic E-state index is 4.45. The number of hydrogen-bond acceptors (Lipinski definition) is 2. The quantitative estimate of drug-likeness (QED) is 0.242. The van der Waals surface area contributed by atoms with Crippen molar-refractivity contribution in [3.8, 4) is 22.5 Å². The third-order valence-electron chi connectivity index (χ3n) is 4.29. The minimum absolute atomic E-state index is 0. The molecule has 0 bridgehead atoms. The van der Waals surface area contributed by atoms with Crippen LogP contribution in [0, 0.1) is 12.1 Å². The number of fused-ring (bicyclic) bond motifs is 1. The van der Waals surface area contributed by atoms with Crippen LogP contribution in [0.5, 0.6) is 0 Å². The van der Waals surface area contributed by atoms with Crippen molar-refractivity contribution in [1.82, 2.24) is 9.97 Å². The van der Waals surface area contributed by atoms with Crippen LogP contribution < -0.4 is 0 Å². The van der Waals surface area contributed by atoms with Crippen molar-refractivity contribution in [3.63, 3.8) is 0 Å². The van der Waals surface area contributed by atoms with Crippen LogP contribution in [0.4, 0.5) is 0 Å². The molecular weight excluding hydrogens is 535 g/mol. The number of rotatable bonds is 2. The van der Waals surface area contributed by atoms with Gasteiger partial charge in [0.25, 0.3) is 0 Å². The van der Waals surface area contributed by atoms with Gasteiger partial charge in [0.05, 0.1) is 0 Å². The molecule has 142 valence electrons. The van der Waals surface area contributed by atoms with Gasteiger partial charge in [-0.15, -0.1) is 71.8 Å². The van der Waals surface area contributed by atoms with Crippen LogP contribution in [0.1, 0.15) is 0 Å². The summed E-state index contributed by atoms with van der Waals surface area (Å²) in [6.45, 7) is 0. The fourth-order valence-corrected chi connectivity index (χ4v) is 2.95. The van der Waals surface area contributed by atoms with E-state index in [1.807, 2.05) is 91.1 Å². The van der Waals surface area contributed by atoms with Gasteiger partial charge in [-0.1, -0.05) is 36.4 Å². The van der Waals surface area contributed by atoms with Crippen molar-refractivity contribution in [2.24, 2.45) is 0 Å². The first-order valence-electron chi connectivity index (χ1n) is 9.11. The Hall–Kier alpha value is -3.09. The molecule has 29 heavy (non-hydrogen) atoms. The number of pyridine rings is 2. The van der Waals surface area contributed by atoms with E-state index >= 15 is 0 Å². The molecule has 0 N–H and O–H groups in total. The van der Waals surface area contributed by atoms with Gasteiger partial charge in [0.15, 0.2) is 0 Å². The molecule has 0 amide bonds. The molecule has 2 nitrogen and oxygen atoms in total. The second-order valence-corrected chi connectivity index (χ2v) is 6.15. The van der Waals surface area contributed by atoms with Crippen LogP contribution in [-0.2, 0) is 21.1 Å². The number of hydrogen-bond donors (Lipinski definition) is 0. The van der Waals surface area contributed by atoms with E-state index in [0.717, 1.165) is 22.5 Å². The van der Waals surface area contributed by atoms with E-state index in [-0.39, 0.29) is 21.1 Å². The summed E-state index contributed by atoms with van der Waals surface area (Å²) in [5.41, 5.74) is 4.05. The summed E-state index contributed by atoms with van der Waals surface area (Å²) in [4.78, 5) is 8.66. The van der Waals surface area contributed by atoms with Crippen LogP contribution in [-0.4, -0.2) is 9.97 Å². The Morgan fingerprint density at radius 3 is 1.93 bits per heavy atom. The van der Waals surface area contributed by atoms with Gasteiger partial charge in [0.1, 0.15) is 0 Å². The molecule has 2 aromatic heterocycles. The second-order valence-electron chi connectivity index (χ2n) is 6.15. The minimum Gasteiger partial charge on any atom is -0.305 e. The summed E-state index contributed by atoms with van der Waals surface area (Å²) in [5.74, 6) is 0. The smallest absolute Gasteiger partial charge is 0.305 e. The Bertz CT molecular complexity index is 1100. The topological polar surface area (TPSA) is 25.8 Å². The molecule has 0 radical (unpaired) electrons. The summed E-state index contributed by atoms with van der Waals surface area (Å²) in [7, 11) is 0. The van der Waals surface area contributed by atoms with Crippen molar-refractivity contribution in [3.05, 3.63) is 122 Å². The van der Waals surface area contributed by atoms with E-state index in [4.69, 9.17) is 0 Å². The molecule has 0 unspecified atom stereocenters. The van der Waals surface area contributed by atoms with Crippen molar-refractivity contribution < 1.29 is 21.1 Å². The number of benzene rings is 3. The fraction of sp³-hybridized carbons (Fsp3) is 0. The monoisotopic (exact) mass is 553 g/mol. The third-order valence-corrected chi connectivity index (χ3v) is 4.29. The molecule has 0 aliphatic heterocycles. The SMILES string of the molecule is [Pt+2].[c-]1ccccc1-c1ccccn1.[c-]1ccccc1-c1nccc2ccccc12. The third kappa shape index (κ3) is 5.25. The Morgan fingerprint density at radius 2 is 1.24 bits per heavy atom. The Balaban J connectivity index is 0.000000167. The number of aromatic nitrogens is 2. The minimum atomic E-state index is 0. The molecule has 5 aromatic rings. The predicted octanol–water partition coefficient (Wildman–Crippen LogP) is 6.25. The summed E-state index contributed by atoms with van der Waals surface area (Å²) in [6.07, 6.45) is 3.63. The molecule has 0 aliphatic rings. The zero-order valence-corrected chi connectivity index (χ0v) is 17.9. The molecule has 2 heterocycles. The van der Waals surface area contributed by atoms with Gasteiger partial charge < -0.3 is 9.97 Å². The largest absolute Gasteiger partial charge is 2.00 e. The molecule has 3 aromatic carbocycles. The Morgan fingerprint density at radius 1 is 0.552 bits per heavy atom. The first kappa shape index (κ1) is 20.6. The van der Waals surface area contributed by atoms with Gasteiger partial charge in [-0.3, -0.25) is 0 Å². The molecule has 0 saturated heterocycles. The summed E-state index contributed by atoms with van der Waals surface area (Å²) in [5, 5.41) is 2.39. The van der Waals surface area contributed by atoms with Crippen LogP contribution >= 0.6 is 0 Å². The van der Waals surface area contributed by atoms with Crippen LogP contribution in [0.15, 0.2) is 109 Å². The molecule has 0 saturated carbocycles. The standard InChI is InChI=1S/C15H10N.C11H8N.Pt/c1-2-7-13(8-3-1)15-14-9-5-4-6-12(14)10-11-16-15;1-2-6-10(7-3-1)11-8-4-5-9-12-11;/h1-7,9-11H;1-6,8-9H;/q2*-1;+2. The van der Waals surface area contributed by atoms with Gasteiger partial charge in [-0.05, 0) is 34.3 Å². The van der Waals surface area contributed by atoms with Crippen molar-refractivity contribution in [2.45, 2.75) is 0 Å². The predicted molar refractivity (Wildman–Crippen MR) is 115 cm³/mol. The molecule has 0 atom stereocenters. The van der Waals surface area contributed by atoms with E-state index in [1.165, 1.54) is 10.8 Å². The maximum Gasteiger partial charge on any atom is 2.00 e. The molecule has 0 spiro atoms. The van der Waals surface area contributed by atoms with E-state index in [0.29, 0.717) is 0 Å². The van der Waals surface area contributed by atoms with E-state index in [9.17, 15) is 0 Å². The van der Waals surface area contributed by atoms with Gasteiger partial charge in [0, 0.05) is 12.4 Å². The van der Waals surface area contributed by atoms with E-state index in [1.54, 1.807) is 6.20 Å².